The molecule has 0 radical (unpaired) electrons. The van der Waals surface area contributed by atoms with Crippen molar-refractivity contribution in [3.05, 3.63) is 21.9 Å². The van der Waals surface area contributed by atoms with E-state index in [2.05, 4.69) is 4.99 Å². The van der Waals surface area contributed by atoms with Crippen LogP contribution < -0.4 is 0 Å². The van der Waals surface area contributed by atoms with Crippen molar-refractivity contribution in [2.75, 3.05) is 26.2 Å². The van der Waals surface area contributed by atoms with Crippen LogP contribution in [0.3, 0.4) is 0 Å². The minimum atomic E-state index is -0.369. The van der Waals surface area contributed by atoms with E-state index in [1.165, 1.54) is 0 Å². The van der Waals surface area contributed by atoms with Crippen LogP contribution in [-0.4, -0.2) is 48.0 Å². The normalized spacial score (nSPS) is 26.2. The maximum absolute atomic E-state index is 10.7. The van der Waals surface area contributed by atoms with Gasteiger partial charge in [-0.3, -0.25) is 15.1 Å². The van der Waals surface area contributed by atoms with Crippen molar-refractivity contribution < 1.29 is 9.66 Å². The van der Waals surface area contributed by atoms with Crippen molar-refractivity contribution in [2.24, 2.45) is 4.99 Å². The molecule has 0 spiro atoms. The molecule has 6 heteroatoms. The molecule has 2 heterocycles. The average molecular weight is 211 g/mol. The molecule has 15 heavy (non-hydrogen) atoms. The third-order valence-corrected chi connectivity index (χ3v) is 2.49. The van der Waals surface area contributed by atoms with Crippen LogP contribution in [0, 0.1) is 10.1 Å². The quantitative estimate of drug-likeness (QED) is 0.461. The molecule has 6 nitrogen and oxygen atoms in total. The van der Waals surface area contributed by atoms with Gasteiger partial charge in [0.2, 0.25) is 5.84 Å². The van der Waals surface area contributed by atoms with Crippen LogP contribution in [0.1, 0.15) is 6.92 Å². The fourth-order valence-electron chi connectivity index (χ4n) is 1.82. The van der Waals surface area contributed by atoms with Crippen molar-refractivity contribution in [1.29, 1.82) is 0 Å². The number of morpholine rings is 1. The van der Waals surface area contributed by atoms with Gasteiger partial charge in [0, 0.05) is 19.2 Å². The zero-order valence-electron chi connectivity index (χ0n) is 8.55. The van der Waals surface area contributed by atoms with Gasteiger partial charge in [0.05, 0.1) is 24.2 Å². The standard InChI is InChI=1S/C9H13N3O3/c1-7-6-11(4-5-15-7)9-8(12(13)14)2-3-10-9/h2,7H,3-6H2,1H3. The highest BCUT2D eigenvalue weighted by atomic mass is 16.6. The van der Waals surface area contributed by atoms with Gasteiger partial charge in [-0.25, -0.2) is 0 Å². The van der Waals surface area contributed by atoms with Crippen LogP contribution in [0.15, 0.2) is 16.8 Å². The second-order valence-electron chi connectivity index (χ2n) is 3.64. The fourth-order valence-corrected chi connectivity index (χ4v) is 1.82. The van der Waals surface area contributed by atoms with Gasteiger partial charge < -0.3 is 9.64 Å². The van der Waals surface area contributed by atoms with E-state index >= 15 is 0 Å². The Bertz CT molecular complexity index is 337. The van der Waals surface area contributed by atoms with Crippen LogP contribution in [0.2, 0.25) is 0 Å². The first-order valence-corrected chi connectivity index (χ1v) is 4.94. The Balaban J connectivity index is 2.10. The molecule has 0 aromatic carbocycles. The molecule has 2 aliphatic rings. The second kappa shape index (κ2) is 3.98. The van der Waals surface area contributed by atoms with Gasteiger partial charge in [0.25, 0.3) is 0 Å². The summed E-state index contributed by atoms with van der Waals surface area (Å²) in [4.78, 5) is 16.4. The Morgan fingerprint density at radius 1 is 1.73 bits per heavy atom. The summed E-state index contributed by atoms with van der Waals surface area (Å²) < 4.78 is 5.38. The summed E-state index contributed by atoms with van der Waals surface area (Å²) in [5.74, 6) is 0.509. The maximum Gasteiger partial charge on any atom is 0.309 e. The lowest BCUT2D eigenvalue weighted by atomic mass is 10.2. The Kier molecular flexibility index (Phi) is 2.68. The molecular weight excluding hydrogens is 198 g/mol. The lowest BCUT2D eigenvalue weighted by Crippen LogP contribution is -2.45. The molecule has 0 aromatic heterocycles. The van der Waals surface area contributed by atoms with E-state index in [9.17, 15) is 10.1 Å². The highest BCUT2D eigenvalue weighted by Crippen LogP contribution is 2.14. The molecule has 0 bridgehead atoms. The van der Waals surface area contributed by atoms with E-state index in [0.717, 1.165) is 0 Å². The Hall–Kier alpha value is -1.43. The first-order chi connectivity index (χ1) is 7.18. The summed E-state index contributed by atoms with van der Waals surface area (Å²) in [5.41, 5.74) is 0.129. The molecular formula is C9H13N3O3. The van der Waals surface area contributed by atoms with E-state index in [4.69, 9.17) is 4.74 Å². The van der Waals surface area contributed by atoms with E-state index in [-0.39, 0.29) is 16.7 Å². The third kappa shape index (κ3) is 1.99. The summed E-state index contributed by atoms with van der Waals surface area (Å²) in [6.45, 7) is 4.32. The fraction of sp³-hybridized carbons (Fsp3) is 0.667. The number of amidine groups is 1. The Morgan fingerprint density at radius 3 is 3.20 bits per heavy atom. The maximum atomic E-state index is 10.7. The van der Waals surface area contributed by atoms with E-state index in [1.54, 1.807) is 6.08 Å². The molecule has 0 amide bonds. The first-order valence-electron chi connectivity index (χ1n) is 4.94. The number of hydrogen-bond donors (Lipinski definition) is 0. The monoisotopic (exact) mass is 211 g/mol. The summed E-state index contributed by atoms with van der Waals surface area (Å²) in [7, 11) is 0. The Labute approximate surface area is 87.4 Å². The van der Waals surface area contributed by atoms with Gasteiger partial charge in [-0.15, -0.1) is 0 Å². The molecule has 1 atom stereocenters. The third-order valence-electron chi connectivity index (χ3n) is 2.49. The molecule has 1 fully saturated rings. The highest BCUT2D eigenvalue weighted by Gasteiger charge is 2.30. The lowest BCUT2D eigenvalue weighted by molar-refractivity contribution is -0.415. The molecule has 0 N–H and O–H groups in total. The number of hydrogen-bond acceptors (Lipinski definition) is 5. The van der Waals surface area contributed by atoms with Gasteiger partial charge in [0.15, 0.2) is 0 Å². The smallest absolute Gasteiger partial charge is 0.309 e. The average Bonchev–Trinajstić information content (AvgIpc) is 2.65. The topological polar surface area (TPSA) is 68.0 Å². The van der Waals surface area contributed by atoms with Gasteiger partial charge in [-0.1, -0.05) is 0 Å². The molecule has 2 aliphatic heterocycles. The summed E-state index contributed by atoms with van der Waals surface area (Å²) in [6, 6.07) is 0. The molecule has 0 saturated carbocycles. The molecule has 0 aliphatic carbocycles. The number of aliphatic imine (C=N–C) groups is 1. The lowest BCUT2D eigenvalue weighted by Gasteiger charge is -2.31. The predicted octanol–water partition coefficient (Wildman–Crippen LogP) is 0.280. The molecule has 82 valence electrons. The molecule has 1 unspecified atom stereocenters. The van der Waals surface area contributed by atoms with Crippen LogP contribution in [-0.2, 0) is 4.74 Å². The summed E-state index contributed by atoms with van der Waals surface area (Å²) in [5, 5.41) is 10.7. The number of rotatable bonds is 1. The van der Waals surface area contributed by atoms with Crippen molar-refractivity contribution in [3.63, 3.8) is 0 Å². The molecule has 0 aromatic rings. The highest BCUT2D eigenvalue weighted by molar-refractivity contribution is 5.97. The van der Waals surface area contributed by atoms with E-state index in [1.807, 2.05) is 11.8 Å². The minimum Gasteiger partial charge on any atom is -0.375 e. The largest absolute Gasteiger partial charge is 0.375 e. The van der Waals surface area contributed by atoms with Crippen molar-refractivity contribution in [3.8, 4) is 0 Å². The van der Waals surface area contributed by atoms with Crippen molar-refractivity contribution in [1.82, 2.24) is 4.90 Å². The van der Waals surface area contributed by atoms with Crippen LogP contribution in [0.4, 0.5) is 0 Å². The van der Waals surface area contributed by atoms with Crippen molar-refractivity contribution >= 4 is 5.84 Å². The van der Waals surface area contributed by atoms with Crippen LogP contribution >= 0.6 is 0 Å². The summed E-state index contributed by atoms with van der Waals surface area (Å²) in [6.07, 6.45) is 1.66. The number of nitrogens with zero attached hydrogens (tertiary/aromatic N) is 3. The Morgan fingerprint density at radius 2 is 2.53 bits per heavy atom. The van der Waals surface area contributed by atoms with Crippen LogP contribution in [0.5, 0.6) is 0 Å². The molecule has 1 saturated heterocycles. The zero-order chi connectivity index (χ0) is 10.8. The van der Waals surface area contributed by atoms with Gasteiger partial charge in [-0.05, 0) is 6.92 Å². The first kappa shape index (κ1) is 10.1. The SMILES string of the molecule is CC1CN(C2=NCC=C2[N+](=O)[O-])CCO1. The van der Waals surface area contributed by atoms with Crippen molar-refractivity contribution in [2.45, 2.75) is 13.0 Å². The van der Waals surface area contributed by atoms with Crippen LogP contribution in [0.25, 0.3) is 0 Å². The second-order valence-corrected chi connectivity index (χ2v) is 3.64. The predicted molar refractivity (Wildman–Crippen MR) is 54.4 cm³/mol. The minimum absolute atomic E-state index is 0.107. The van der Waals surface area contributed by atoms with Gasteiger partial charge in [-0.2, -0.15) is 0 Å². The van der Waals surface area contributed by atoms with E-state index < -0.39 is 0 Å². The molecule has 2 rings (SSSR count). The zero-order valence-corrected chi connectivity index (χ0v) is 8.55. The summed E-state index contributed by atoms with van der Waals surface area (Å²) >= 11 is 0. The van der Waals surface area contributed by atoms with E-state index in [0.29, 0.717) is 32.1 Å². The van der Waals surface area contributed by atoms with Gasteiger partial charge in [0.1, 0.15) is 0 Å². The number of nitro groups is 1. The van der Waals surface area contributed by atoms with Gasteiger partial charge >= 0.3 is 5.70 Å². The number of ether oxygens (including phenoxy) is 1.